The van der Waals surface area contributed by atoms with E-state index in [4.69, 9.17) is 0 Å². The van der Waals surface area contributed by atoms with E-state index in [0.29, 0.717) is 33.6 Å². The molecule has 3 aliphatic rings. The topological polar surface area (TPSA) is 71.2 Å². The van der Waals surface area contributed by atoms with Crippen molar-refractivity contribution in [3.63, 3.8) is 0 Å². The van der Waals surface area contributed by atoms with Crippen molar-refractivity contribution in [1.29, 1.82) is 0 Å². The number of carbonyl (C=O) groups is 2. The van der Waals surface area contributed by atoms with Crippen LogP contribution in [0.3, 0.4) is 0 Å². The summed E-state index contributed by atoms with van der Waals surface area (Å²) in [5.41, 5.74) is 11.6. The molecule has 2 saturated heterocycles. The molecule has 0 atom stereocenters. The standard InChI is InChI=1S/C44H50N6O2/c1-7-15-47-17-21-49(22-18-47)33-25-29(3)41(30(4)26-33)45-37-13-14-38(40-39(37)43(51)35-11-9-10-12-36(35)44(40)52)46-42-31(5)27-34(28-32(42)6)50-23-19-48(16-8-2)20-24-50/h7-14,25-28,45-46H,1-2,15-24H2,3-6H3. The highest BCUT2D eigenvalue weighted by Crippen LogP contribution is 2.41. The summed E-state index contributed by atoms with van der Waals surface area (Å²) in [5, 5.41) is 7.24. The van der Waals surface area contributed by atoms with Crippen molar-refractivity contribution >= 4 is 45.7 Å². The zero-order valence-electron chi connectivity index (χ0n) is 31.0. The Morgan fingerprint density at radius 2 is 0.904 bits per heavy atom. The van der Waals surface area contributed by atoms with Gasteiger partial charge in [-0.3, -0.25) is 19.4 Å². The van der Waals surface area contributed by atoms with E-state index in [1.165, 1.54) is 11.4 Å². The van der Waals surface area contributed by atoms with E-state index < -0.39 is 0 Å². The summed E-state index contributed by atoms with van der Waals surface area (Å²) in [6.07, 6.45) is 3.94. The normalized spacial score (nSPS) is 16.4. The third kappa shape index (κ3) is 6.76. The quantitative estimate of drug-likeness (QED) is 0.144. The van der Waals surface area contributed by atoms with Crippen LogP contribution in [-0.4, -0.2) is 86.8 Å². The van der Waals surface area contributed by atoms with Crippen LogP contribution in [-0.2, 0) is 0 Å². The Bertz CT molecular complexity index is 1860. The Hall–Kier alpha value is -5.18. The zero-order chi connectivity index (χ0) is 36.5. The second kappa shape index (κ2) is 14.8. The number of anilines is 6. The van der Waals surface area contributed by atoms with Gasteiger partial charge in [0.15, 0.2) is 11.6 Å². The second-order valence-corrected chi connectivity index (χ2v) is 14.4. The number of aryl methyl sites for hydroxylation is 4. The second-order valence-electron chi connectivity index (χ2n) is 14.4. The minimum absolute atomic E-state index is 0.153. The lowest BCUT2D eigenvalue weighted by Gasteiger charge is -2.36. The number of rotatable bonds is 10. The summed E-state index contributed by atoms with van der Waals surface area (Å²) < 4.78 is 0. The Kier molecular flexibility index (Phi) is 10.0. The SMILES string of the molecule is C=CCN1CCN(c2cc(C)c(Nc3ccc(Nc4c(C)cc(N5CCN(CC=C)CC5)cc4C)c4c3C(=O)c3ccccc3C4=O)c(C)c2)CC1. The fourth-order valence-electron chi connectivity index (χ4n) is 8.08. The first-order chi connectivity index (χ1) is 25.2. The van der Waals surface area contributed by atoms with Crippen LogP contribution in [0.4, 0.5) is 34.1 Å². The van der Waals surface area contributed by atoms with E-state index in [9.17, 15) is 9.59 Å². The zero-order valence-corrected chi connectivity index (χ0v) is 31.0. The van der Waals surface area contributed by atoms with Crippen LogP contribution >= 0.6 is 0 Å². The maximum Gasteiger partial charge on any atom is 0.196 e. The third-order valence-corrected chi connectivity index (χ3v) is 10.9. The monoisotopic (exact) mass is 694 g/mol. The Morgan fingerprint density at radius 1 is 0.558 bits per heavy atom. The predicted octanol–water partition coefficient (Wildman–Crippen LogP) is 7.80. The molecule has 0 amide bonds. The lowest BCUT2D eigenvalue weighted by Crippen LogP contribution is -2.46. The first kappa shape index (κ1) is 35.2. The molecule has 8 nitrogen and oxygen atoms in total. The van der Waals surface area contributed by atoms with Gasteiger partial charge in [0.2, 0.25) is 0 Å². The summed E-state index contributed by atoms with van der Waals surface area (Å²) >= 11 is 0. The maximum atomic E-state index is 14.3. The highest BCUT2D eigenvalue weighted by atomic mass is 16.1. The summed E-state index contributed by atoms with van der Waals surface area (Å²) in [4.78, 5) is 38.4. The van der Waals surface area contributed by atoms with E-state index >= 15 is 0 Å². The van der Waals surface area contributed by atoms with Gasteiger partial charge in [-0.15, -0.1) is 13.2 Å². The predicted molar refractivity (Wildman–Crippen MR) is 216 cm³/mol. The van der Waals surface area contributed by atoms with E-state index in [2.05, 4.69) is 95.4 Å². The van der Waals surface area contributed by atoms with Crippen LogP contribution in [0.15, 0.2) is 86.0 Å². The summed E-state index contributed by atoms with van der Waals surface area (Å²) in [7, 11) is 0. The van der Waals surface area contributed by atoms with Crippen molar-refractivity contribution in [1.82, 2.24) is 9.80 Å². The molecule has 2 fully saturated rings. The van der Waals surface area contributed by atoms with E-state index in [1.54, 1.807) is 12.1 Å². The molecule has 4 aromatic carbocycles. The van der Waals surface area contributed by atoms with Crippen LogP contribution in [0, 0.1) is 27.7 Å². The summed E-state index contributed by atoms with van der Waals surface area (Å²) in [6, 6.07) is 19.9. The highest BCUT2D eigenvalue weighted by Gasteiger charge is 2.34. The number of hydrogen-bond acceptors (Lipinski definition) is 8. The first-order valence-electron chi connectivity index (χ1n) is 18.4. The Labute approximate surface area is 308 Å². The number of piperazine rings is 2. The lowest BCUT2D eigenvalue weighted by atomic mass is 9.82. The molecule has 0 bridgehead atoms. The van der Waals surface area contributed by atoms with Crippen molar-refractivity contribution < 1.29 is 9.59 Å². The van der Waals surface area contributed by atoms with Crippen molar-refractivity contribution in [3.05, 3.63) is 130 Å². The van der Waals surface area contributed by atoms with Crippen molar-refractivity contribution in [2.75, 3.05) is 85.9 Å². The van der Waals surface area contributed by atoms with Gasteiger partial charge in [0.1, 0.15) is 0 Å². The van der Waals surface area contributed by atoms with Gasteiger partial charge in [0.05, 0.1) is 22.5 Å². The smallest absolute Gasteiger partial charge is 0.196 e. The third-order valence-electron chi connectivity index (χ3n) is 10.9. The molecule has 52 heavy (non-hydrogen) atoms. The van der Waals surface area contributed by atoms with E-state index in [0.717, 1.165) is 99.1 Å². The average molecular weight is 695 g/mol. The summed E-state index contributed by atoms with van der Waals surface area (Å²) in [5.74, 6) is -0.305. The Balaban J connectivity index is 1.21. The number of nitrogens with one attached hydrogen (secondary N) is 2. The molecule has 0 radical (unpaired) electrons. The molecule has 8 heteroatoms. The van der Waals surface area contributed by atoms with Gasteiger partial charge in [0, 0.05) is 99.3 Å². The highest BCUT2D eigenvalue weighted by molar-refractivity contribution is 6.32. The number of nitrogens with zero attached hydrogens (tertiary/aromatic N) is 4. The van der Waals surface area contributed by atoms with Gasteiger partial charge in [-0.1, -0.05) is 36.4 Å². The van der Waals surface area contributed by atoms with Crippen LogP contribution in [0.25, 0.3) is 0 Å². The molecule has 0 aromatic heterocycles. The van der Waals surface area contributed by atoms with Gasteiger partial charge in [0.25, 0.3) is 0 Å². The minimum atomic E-state index is -0.153. The number of ketones is 2. The van der Waals surface area contributed by atoms with Gasteiger partial charge in [-0.05, 0) is 86.3 Å². The fourth-order valence-corrected chi connectivity index (χ4v) is 8.08. The summed E-state index contributed by atoms with van der Waals surface area (Å²) in [6.45, 7) is 25.9. The van der Waals surface area contributed by atoms with Crippen molar-refractivity contribution in [2.45, 2.75) is 27.7 Å². The molecule has 7 rings (SSSR count). The number of benzene rings is 4. The van der Waals surface area contributed by atoms with Crippen LogP contribution < -0.4 is 20.4 Å². The number of carbonyl (C=O) groups excluding carboxylic acids is 2. The number of hydrogen-bond donors (Lipinski definition) is 2. The Morgan fingerprint density at radius 3 is 1.23 bits per heavy atom. The molecular weight excluding hydrogens is 645 g/mol. The molecular formula is C44H50N6O2. The van der Waals surface area contributed by atoms with Gasteiger partial charge in [-0.25, -0.2) is 0 Å². The number of fused-ring (bicyclic) bond motifs is 2. The first-order valence-corrected chi connectivity index (χ1v) is 18.4. The minimum Gasteiger partial charge on any atom is -0.369 e. The fraction of sp³-hybridized carbons (Fsp3) is 0.318. The van der Waals surface area contributed by atoms with Gasteiger partial charge >= 0.3 is 0 Å². The van der Waals surface area contributed by atoms with Crippen LogP contribution in [0.1, 0.15) is 54.1 Å². The molecule has 268 valence electrons. The molecule has 2 N–H and O–H groups in total. The van der Waals surface area contributed by atoms with Crippen LogP contribution in [0.2, 0.25) is 0 Å². The van der Waals surface area contributed by atoms with E-state index in [1.807, 2.05) is 36.4 Å². The van der Waals surface area contributed by atoms with Crippen LogP contribution in [0.5, 0.6) is 0 Å². The molecule has 0 spiro atoms. The lowest BCUT2D eigenvalue weighted by molar-refractivity contribution is 0.0980. The van der Waals surface area contributed by atoms with Gasteiger partial charge in [-0.2, -0.15) is 0 Å². The molecule has 4 aromatic rings. The molecule has 0 saturated carbocycles. The molecule has 1 aliphatic carbocycles. The van der Waals surface area contributed by atoms with Crippen molar-refractivity contribution in [2.24, 2.45) is 0 Å². The van der Waals surface area contributed by atoms with Gasteiger partial charge < -0.3 is 20.4 Å². The van der Waals surface area contributed by atoms with E-state index in [-0.39, 0.29) is 11.6 Å². The maximum absolute atomic E-state index is 14.3. The average Bonchev–Trinajstić information content (AvgIpc) is 3.14. The molecule has 2 heterocycles. The molecule has 2 aliphatic heterocycles. The largest absolute Gasteiger partial charge is 0.369 e. The van der Waals surface area contributed by atoms with Crippen molar-refractivity contribution in [3.8, 4) is 0 Å². The molecule has 0 unspecified atom stereocenters.